The van der Waals surface area contributed by atoms with Gasteiger partial charge in [-0.1, -0.05) is 18.2 Å². The van der Waals surface area contributed by atoms with Crippen LogP contribution in [0.1, 0.15) is 10.4 Å². The normalized spacial score (nSPS) is 10.2. The van der Waals surface area contributed by atoms with Crippen LogP contribution in [0, 0.1) is 5.39 Å². The van der Waals surface area contributed by atoms with Crippen molar-refractivity contribution in [3.8, 4) is 0 Å². The molecule has 2 aromatic carbocycles. The molecule has 0 radical (unpaired) electrons. The lowest BCUT2D eigenvalue weighted by molar-refractivity contribution is -0.0000161. The summed E-state index contributed by atoms with van der Waals surface area (Å²) in [6.07, 6.45) is 0. The van der Waals surface area contributed by atoms with Crippen LogP contribution in [-0.4, -0.2) is 18.9 Å². The fraction of sp³-hybridized carbons (Fsp3) is 0. The summed E-state index contributed by atoms with van der Waals surface area (Å²) >= 11 is 0. The lowest BCUT2D eigenvalue weighted by atomic mass is 10.2. The smallest absolute Gasteiger partial charge is 0.406 e. The summed E-state index contributed by atoms with van der Waals surface area (Å²) in [5.74, 6) is -0.439. The number of halogens is 1. The summed E-state index contributed by atoms with van der Waals surface area (Å²) in [7, 11) is -4.57. The van der Waals surface area contributed by atoms with Crippen molar-refractivity contribution < 1.29 is 30.2 Å². The predicted octanol–water partition coefficient (Wildman–Crippen LogP) is -0.326. The number of carbonyl (C=O) groups excluding carboxylic acids is 1. The Balaban J connectivity index is 0.00000242. The van der Waals surface area contributed by atoms with E-state index in [9.17, 15) is 13.2 Å². The Morgan fingerprint density at radius 1 is 1.14 bits per heavy atom. The molecule has 2 N–H and O–H groups in total. The maximum atomic E-state index is 11.9. The summed E-state index contributed by atoms with van der Waals surface area (Å²) in [5.41, 5.74) is 0.209. The van der Waals surface area contributed by atoms with Gasteiger partial charge in [0.1, 0.15) is 0 Å². The highest BCUT2D eigenvalue weighted by Gasteiger charge is 2.25. The number of nitrogens with zero attached hydrogens (tertiary/aromatic N) is 2. The standard InChI is InChI=1S/C13H9N3O4S.ClH/c14-16-11-7-6-10(8-12(11)21(18,19)20)15-13(17)9-4-2-1-3-5-9;/h1-8H,(H-,15,17,18,19,20);1H. The summed E-state index contributed by atoms with van der Waals surface area (Å²) in [6, 6.07) is 11.8. The molecule has 0 atom stereocenters. The topological polar surface area (TPSA) is 112 Å². The van der Waals surface area contributed by atoms with Crippen molar-refractivity contribution in [2.45, 2.75) is 4.90 Å². The van der Waals surface area contributed by atoms with Crippen LogP contribution in [0.2, 0.25) is 0 Å². The van der Waals surface area contributed by atoms with Crippen molar-refractivity contribution in [2.75, 3.05) is 5.32 Å². The molecule has 2 rings (SSSR count). The van der Waals surface area contributed by atoms with Gasteiger partial charge < -0.3 is 17.7 Å². The SMILES string of the molecule is N#[N+]c1ccc(NC(=O)c2ccccc2)cc1S(=O)(=O)O.[Cl-]. The monoisotopic (exact) mass is 339 g/mol. The predicted molar refractivity (Wildman–Crippen MR) is 75.4 cm³/mol. The van der Waals surface area contributed by atoms with Crippen LogP contribution in [0.3, 0.4) is 0 Å². The summed E-state index contributed by atoms with van der Waals surface area (Å²) in [4.78, 5) is 14.1. The molecule has 0 aromatic heterocycles. The quantitative estimate of drug-likeness (QED) is 0.587. The lowest BCUT2D eigenvalue weighted by Gasteiger charge is -2.05. The fourth-order valence-electron chi connectivity index (χ4n) is 1.67. The highest BCUT2D eigenvalue weighted by molar-refractivity contribution is 7.86. The number of amides is 1. The third-order valence-corrected chi connectivity index (χ3v) is 3.52. The Hall–Kier alpha value is -2.47. The highest BCUT2D eigenvalue weighted by atomic mass is 35.5. The van der Waals surface area contributed by atoms with Gasteiger partial charge in [-0.25, -0.2) is 0 Å². The van der Waals surface area contributed by atoms with E-state index < -0.39 is 20.9 Å². The van der Waals surface area contributed by atoms with Crippen molar-refractivity contribution in [2.24, 2.45) is 0 Å². The van der Waals surface area contributed by atoms with Crippen molar-refractivity contribution in [3.63, 3.8) is 0 Å². The van der Waals surface area contributed by atoms with Gasteiger partial charge in [-0.2, -0.15) is 8.42 Å². The molecule has 2 aromatic rings. The van der Waals surface area contributed by atoms with E-state index in [0.717, 1.165) is 12.1 Å². The largest absolute Gasteiger partial charge is 1.00 e. The molecular weight excluding hydrogens is 330 g/mol. The number of anilines is 1. The fourth-order valence-corrected chi connectivity index (χ4v) is 2.32. The summed E-state index contributed by atoms with van der Waals surface area (Å²) in [5, 5.41) is 11.2. The minimum atomic E-state index is -4.57. The van der Waals surface area contributed by atoms with Crippen molar-refractivity contribution in [1.82, 2.24) is 0 Å². The molecule has 0 bridgehead atoms. The van der Waals surface area contributed by atoms with E-state index in [1.165, 1.54) is 6.07 Å². The van der Waals surface area contributed by atoms with Gasteiger partial charge in [0.15, 0.2) is 9.87 Å². The van der Waals surface area contributed by atoms with E-state index in [-0.39, 0.29) is 23.8 Å². The second kappa shape index (κ2) is 7.00. The second-order valence-corrected chi connectivity index (χ2v) is 5.47. The summed E-state index contributed by atoms with van der Waals surface area (Å²) < 4.78 is 31.4. The van der Waals surface area contributed by atoms with E-state index in [2.05, 4.69) is 10.3 Å². The first-order valence-corrected chi connectivity index (χ1v) is 7.19. The molecule has 0 aliphatic rings. The van der Waals surface area contributed by atoms with Gasteiger partial charge >= 0.3 is 15.8 Å². The minimum absolute atomic E-state index is 0. The van der Waals surface area contributed by atoms with Crippen LogP contribution >= 0.6 is 0 Å². The van der Waals surface area contributed by atoms with Crippen molar-refractivity contribution >= 4 is 27.4 Å². The molecule has 0 aliphatic carbocycles. The molecule has 0 fully saturated rings. The van der Waals surface area contributed by atoms with Gasteiger partial charge in [0.25, 0.3) is 5.91 Å². The molecule has 7 nitrogen and oxygen atoms in total. The number of benzene rings is 2. The molecule has 0 saturated heterocycles. The zero-order valence-electron chi connectivity index (χ0n) is 11.0. The van der Waals surface area contributed by atoms with Gasteiger partial charge in [0.2, 0.25) is 5.39 Å². The average Bonchev–Trinajstić information content (AvgIpc) is 2.47. The van der Waals surface area contributed by atoms with Gasteiger partial charge in [0.05, 0.1) is 0 Å². The van der Waals surface area contributed by atoms with E-state index in [1.54, 1.807) is 30.3 Å². The molecule has 0 aliphatic heterocycles. The third kappa shape index (κ3) is 4.02. The zero-order valence-corrected chi connectivity index (χ0v) is 12.5. The van der Waals surface area contributed by atoms with Crippen LogP contribution < -0.4 is 17.7 Å². The van der Waals surface area contributed by atoms with Crippen LogP contribution in [-0.2, 0) is 10.1 Å². The highest BCUT2D eigenvalue weighted by Crippen LogP contribution is 2.27. The first-order valence-electron chi connectivity index (χ1n) is 5.75. The number of diazo groups is 1. The molecule has 1 amide bonds. The van der Waals surface area contributed by atoms with Gasteiger partial charge in [-0.3, -0.25) is 9.35 Å². The minimum Gasteiger partial charge on any atom is -1.00 e. The molecule has 0 unspecified atom stereocenters. The molecule has 114 valence electrons. The molecule has 22 heavy (non-hydrogen) atoms. The van der Waals surface area contributed by atoms with Gasteiger partial charge in [-0.15, -0.1) is 0 Å². The first-order chi connectivity index (χ1) is 9.91. The van der Waals surface area contributed by atoms with Crippen LogP contribution in [0.15, 0.2) is 53.4 Å². The number of carbonyl (C=O) groups is 1. The molecular formula is C13H10ClN3O4S. The first kappa shape index (κ1) is 17.6. The Kier molecular flexibility index (Phi) is 5.59. The maximum absolute atomic E-state index is 11.9. The summed E-state index contributed by atoms with van der Waals surface area (Å²) in [6.45, 7) is 0. The second-order valence-electron chi connectivity index (χ2n) is 4.08. The molecule has 0 saturated carbocycles. The van der Waals surface area contributed by atoms with E-state index >= 15 is 0 Å². The zero-order chi connectivity index (χ0) is 15.5. The van der Waals surface area contributed by atoms with E-state index in [0.29, 0.717) is 5.56 Å². The molecule has 0 heterocycles. The Morgan fingerprint density at radius 3 is 2.32 bits per heavy atom. The van der Waals surface area contributed by atoms with Gasteiger partial charge in [-0.05, 0) is 24.3 Å². The van der Waals surface area contributed by atoms with Crippen molar-refractivity contribution in [1.29, 1.82) is 5.39 Å². The Morgan fingerprint density at radius 2 is 1.77 bits per heavy atom. The molecule has 0 spiro atoms. The van der Waals surface area contributed by atoms with Crippen LogP contribution in [0.5, 0.6) is 0 Å². The number of hydrogen-bond donors (Lipinski definition) is 2. The lowest BCUT2D eigenvalue weighted by Crippen LogP contribution is -3.00. The van der Waals surface area contributed by atoms with E-state index in [1.807, 2.05) is 0 Å². The van der Waals surface area contributed by atoms with Crippen molar-refractivity contribution in [3.05, 3.63) is 59.1 Å². The van der Waals surface area contributed by atoms with E-state index in [4.69, 9.17) is 9.95 Å². The Labute approximate surface area is 132 Å². The average molecular weight is 340 g/mol. The van der Waals surface area contributed by atoms with Crippen LogP contribution in [0.25, 0.3) is 4.98 Å². The number of rotatable bonds is 3. The number of nitrogens with one attached hydrogen (secondary N) is 1. The molecule has 9 heteroatoms. The number of hydrogen-bond acceptors (Lipinski definition) is 4. The van der Waals surface area contributed by atoms with Gasteiger partial charge in [0, 0.05) is 17.3 Å². The third-order valence-electron chi connectivity index (χ3n) is 2.64. The Bertz CT molecular complexity index is 832. The maximum Gasteiger partial charge on any atom is 0.406 e. The van der Waals surface area contributed by atoms with Crippen LogP contribution in [0.4, 0.5) is 11.4 Å².